The summed E-state index contributed by atoms with van der Waals surface area (Å²) in [5.41, 5.74) is 1.12. The summed E-state index contributed by atoms with van der Waals surface area (Å²) in [5, 5.41) is 13.5. The summed E-state index contributed by atoms with van der Waals surface area (Å²) in [7, 11) is 0. The van der Waals surface area contributed by atoms with Gasteiger partial charge in [-0.3, -0.25) is 14.4 Å². The van der Waals surface area contributed by atoms with E-state index >= 15 is 0 Å². The first-order valence-electron chi connectivity index (χ1n) is 8.06. The number of rotatable bonds is 7. The lowest BCUT2D eigenvalue weighted by Gasteiger charge is -2.32. The number of likely N-dealkylation sites (tertiary alicyclic amines) is 1. The normalized spacial score (nSPS) is 21.3. The number of aliphatic carboxylic acids is 1. The Morgan fingerprint density at radius 3 is 3.10 bits per heavy atom. The number of carboxylic acid groups (broad SMARTS) is 1. The third-order valence-corrected chi connectivity index (χ3v) is 4.46. The lowest BCUT2D eigenvalue weighted by Crippen LogP contribution is -2.35. The van der Waals surface area contributed by atoms with Gasteiger partial charge < -0.3 is 5.11 Å². The van der Waals surface area contributed by atoms with E-state index in [4.69, 9.17) is 5.11 Å². The van der Waals surface area contributed by atoms with Crippen LogP contribution in [0.15, 0.2) is 12.3 Å². The van der Waals surface area contributed by atoms with Gasteiger partial charge in [0.15, 0.2) is 0 Å². The minimum absolute atomic E-state index is 0.293. The van der Waals surface area contributed by atoms with E-state index in [1.54, 1.807) is 0 Å². The highest BCUT2D eigenvalue weighted by Crippen LogP contribution is 2.22. The van der Waals surface area contributed by atoms with Crippen LogP contribution in [0.25, 0.3) is 0 Å². The maximum absolute atomic E-state index is 10.7. The minimum atomic E-state index is -0.681. The van der Waals surface area contributed by atoms with Gasteiger partial charge in [-0.05, 0) is 51.1 Å². The summed E-state index contributed by atoms with van der Waals surface area (Å²) in [6.45, 7) is 7.33. The second-order valence-corrected chi connectivity index (χ2v) is 6.22. The number of nitrogens with zero attached hydrogens (tertiary/aromatic N) is 3. The van der Waals surface area contributed by atoms with E-state index < -0.39 is 5.97 Å². The highest BCUT2D eigenvalue weighted by molar-refractivity contribution is 5.66. The van der Waals surface area contributed by atoms with Crippen LogP contribution in [0.1, 0.15) is 57.7 Å². The Hall–Kier alpha value is -1.36. The monoisotopic (exact) mass is 293 g/mol. The van der Waals surface area contributed by atoms with Gasteiger partial charge in [-0.2, -0.15) is 5.10 Å². The molecule has 5 heteroatoms. The van der Waals surface area contributed by atoms with Crippen molar-refractivity contribution in [3.8, 4) is 0 Å². The van der Waals surface area contributed by atoms with Gasteiger partial charge in [0.1, 0.15) is 0 Å². The van der Waals surface area contributed by atoms with Crippen LogP contribution in [0.4, 0.5) is 0 Å². The Kier molecular flexibility index (Phi) is 5.79. The molecule has 0 saturated carbocycles. The predicted molar refractivity (Wildman–Crippen MR) is 82.1 cm³/mol. The highest BCUT2D eigenvalue weighted by atomic mass is 16.4. The van der Waals surface area contributed by atoms with E-state index in [0.29, 0.717) is 18.4 Å². The predicted octanol–water partition coefficient (Wildman–Crippen LogP) is 2.93. The number of carbonyl (C=O) groups is 1. The van der Waals surface area contributed by atoms with Gasteiger partial charge in [0.25, 0.3) is 0 Å². The first-order valence-corrected chi connectivity index (χ1v) is 8.06. The van der Waals surface area contributed by atoms with Crippen molar-refractivity contribution in [3.05, 3.63) is 18.0 Å². The van der Waals surface area contributed by atoms with Crippen LogP contribution in [0.2, 0.25) is 0 Å². The zero-order valence-corrected chi connectivity index (χ0v) is 13.2. The third kappa shape index (κ3) is 4.84. The van der Waals surface area contributed by atoms with Crippen LogP contribution in [-0.2, 0) is 11.3 Å². The maximum atomic E-state index is 10.7. The van der Waals surface area contributed by atoms with Gasteiger partial charge in [0, 0.05) is 31.7 Å². The molecule has 2 atom stereocenters. The van der Waals surface area contributed by atoms with Crippen LogP contribution in [0.5, 0.6) is 0 Å². The van der Waals surface area contributed by atoms with E-state index in [2.05, 4.69) is 36.1 Å². The summed E-state index contributed by atoms with van der Waals surface area (Å²) in [5.74, 6) is -0.161. The molecule has 2 rings (SSSR count). The molecule has 0 spiro atoms. The zero-order chi connectivity index (χ0) is 15.2. The molecule has 2 heterocycles. The molecule has 0 aromatic carbocycles. The average Bonchev–Trinajstić information content (AvgIpc) is 2.93. The van der Waals surface area contributed by atoms with Gasteiger partial charge in [-0.25, -0.2) is 0 Å². The molecule has 5 nitrogen and oxygen atoms in total. The van der Waals surface area contributed by atoms with Crippen LogP contribution < -0.4 is 0 Å². The average molecular weight is 293 g/mol. The highest BCUT2D eigenvalue weighted by Gasteiger charge is 2.21. The fourth-order valence-electron chi connectivity index (χ4n) is 2.98. The standard InChI is InChI=1S/C16H27N3O2/c1-3-13(2)19-10-8-15(17-19)12-18-9-4-5-14(11-18)6-7-16(20)21/h8,10,13-14H,3-7,9,11-12H2,1-2H3,(H,20,21). The second-order valence-electron chi connectivity index (χ2n) is 6.22. The molecule has 0 radical (unpaired) electrons. The first-order chi connectivity index (χ1) is 10.1. The molecular weight excluding hydrogens is 266 g/mol. The summed E-state index contributed by atoms with van der Waals surface area (Å²) >= 11 is 0. The lowest BCUT2D eigenvalue weighted by atomic mass is 9.93. The van der Waals surface area contributed by atoms with Crippen LogP contribution >= 0.6 is 0 Å². The molecule has 1 N–H and O–H groups in total. The van der Waals surface area contributed by atoms with Crippen molar-refractivity contribution < 1.29 is 9.90 Å². The lowest BCUT2D eigenvalue weighted by molar-refractivity contribution is -0.137. The molecule has 1 aromatic heterocycles. The maximum Gasteiger partial charge on any atom is 0.303 e. The van der Waals surface area contributed by atoms with Crippen LogP contribution in [0, 0.1) is 5.92 Å². The van der Waals surface area contributed by atoms with Crippen molar-refractivity contribution in [3.63, 3.8) is 0 Å². The smallest absolute Gasteiger partial charge is 0.303 e. The van der Waals surface area contributed by atoms with Crippen molar-refractivity contribution in [2.24, 2.45) is 5.92 Å². The third-order valence-electron chi connectivity index (χ3n) is 4.46. The molecule has 1 aliphatic heterocycles. The Morgan fingerprint density at radius 1 is 1.57 bits per heavy atom. The molecule has 0 aliphatic carbocycles. The van der Waals surface area contributed by atoms with Gasteiger partial charge in [0.2, 0.25) is 0 Å². The van der Waals surface area contributed by atoms with Gasteiger partial charge >= 0.3 is 5.97 Å². The van der Waals surface area contributed by atoms with Crippen molar-refractivity contribution in [2.45, 2.75) is 58.5 Å². The molecule has 1 fully saturated rings. The molecular formula is C16H27N3O2. The molecule has 2 unspecified atom stereocenters. The number of aromatic nitrogens is 2. The molecule has 21 heavy (non-hydrogen) atoms. The van der Waals surface area contributed by atoms with E-state index in [-0.39, 0.29) is 0 Å². The number of carboxylic acids is 1. The molecule has 1 saturated heterocycles. The van der Waals surface area contributed by atoms with E-state index in [9.17, 15) is 4.79 Å². The number of piperidine rings is 1. The molecule has 0 amide bonds. The van der Waals surface area contributed by atoms with Crippen molar-refractivity contribution >= 4 is 5.97 Å². The number of hydrogen-bond donors (Lipinski definition) is 1. The molecule has 1 aromatic rings. The molecule has 0 bridgehead atoms. The Morgan fingerprint density at radius 2 is 2.38 bits per heavy atom. The van der Waals surface area contributed by atoms with Crippen molar-refractivity contribution in [1.82, 2.24) is 14.7 Å². The first kappa shape index (κ1) is 16.0. The molecule has 1 aliphatic rings. The summed E-state index contributed by atoms with van der Waals surface area (Å²) in [6.07, 6.45) is 6.56. The Balaban J connectivity index is 1.84. The number of hydrogen-bond acceptors (Lipinski definition) is 3. The van der Waals surface area contributed by atoms with Gasteiger partial charge in [-0.1, -0.05) is 6.92 Å². The van der Waals surface area contributed by atoms with Crippen molar-refractivity contribution in [2.75, 3.05) is 13.1 Å². The summed E-state index contributed by atoms with van der Waals surface area (Å²) in [6, 6.07) is 2.55. The fraction of sp³-hybridized carbons (Fsp3) is 0.750. The fourth-order valence-corrected chi connectivity index (χ4v) is 2.98. The SMILES string of the molecule is CCC(C)n1ccc(CN2CCCC(CCC(=O)O)C2)n1. The quantitative estimate of drug-likeness (QED) is 0.839. The van der Waals surface area contributed by atoms with E-state index in [0.717, 1.165) is 51.0 Å². The Bertz CT molecular complexity index is 458. The zero-order valence-electron chi connectivity index (χ0n) is 13.2. The van der Waals surface area contributed by atoms with E-state index in [1.807, 2.05) is 4.68 Å². The van der Waals surface area contributed by atoms with Crippen LogP contribution in [-0.4, -0.2) is 38.8 Å². The van der Waals surface area contributed by atoms with Gasteiger partial charge in [-0.15, -0.1) is 0 Å². The van der Waals surface area contributed by atoms with Crippen LogP contribution in [0.3, 0.4) is 0 Å². The van der Waals surface area contributed by atoms with Gasteiger partial charge in [0.05, 0.1) is 5.69 Å². The molecule has 118 valence electrons. The Labute approximate surface area is 126 Å². The minimum Gasteiger partial charge on any atom is -0.481 e. The van der Waals surface area contributed by atoms with Crippen molar-refractivity contribution in [1.29, 1.82) is 0 Å². The summed E-state index contributed by atoms with van der Waals surface area (Å²) < 4.78 is 2.04. The topological polar surface area (TPSA) is 58.4 Å². The summed E-state index contributed by atoms with van der Waals surface area (Å²) in [4.78, 5) is 13.1. The second kappa shape index (κ2) is 7.59. The largest absolute Gasteiger partial charge is 0.481 e. The van der Waals surface area contributed by atoms with E-state index in [1.165, 1.54) is 0 Å².